The van der Waals surface area contributed by atoms with Gasteiger partial charge in [-0.1, -0.05) is 31.5 Å². The van der Waals surface area contributed by atoms with Crippen molar-refractivity contribution in [3.05, 3.63) is 47.7 Å². The molecule has 4 heteroatoms. The van der Waals surface area contributed by atoms with Crippen LogP contribution in [0.4, 0.5) is 0 Å². The number of carboxylic acid groups (broad SMARTS) is 1. The number of hydrogen-bond acceptors (Lipinski definition) is 3. The zero-order valence-corrected chi connectivity index (χ0v) is 13.0. The van der Waals surface area contributed by atoms with Crippen molar-refractivity contribution in [1.29, 1.82) is 0 Å². The van der Waals surface area contributed by atoms with E-state index in [1.165, 1.54) is 0 Å². The lowest BCUT2D eigenvalue weighted by Crippen LogP contribution is -2.03. The van der Waals surface area contributed by atoms with Gasteiger partial charge in [-0.25, -0.2) is 0 Å². The summed E-state index contributed by atoms with van der Waals surface area (Å²) >= 11 is 0. The molecular weight excluding hydrogens is 278 g/mol. The number of ether oxygens (including phenoxy) is 1. The monoisotopic (exact) mass is 299 g/mol. The number of hydrogen-bond donors (Lipinski definition) is 1. The van der Waals surface area contributed by atoms with Crippen LogP contribution in [0.5, 0.6) is 5.75 Å². The van der Waals surface area contributed by atoms with E-state index in [4.69, 9.17) is 9.84 Å². The molecular formula is C18H21NO3. The number of carbonyl (C=O) groups is 1. The molecule has 0 saturated heterocycles. The van der Waals surface area contributed by atoms with Crippen LogP contribution in [0.2, 0.25) is 0 Å². The van der Waals surface area contributed by atoms with Crippen molar-refractivity contribution in [1.82, 2.24) is 4.98 Å². The molecule has 0 saturated carbocycles. The van der Waals surface area contributed by atoms with Gasteiger partial charge in [-0.2, -0.15) is 0 Å². The topological polar surface area (TPSA) is 59.4 Å². The van der Waals surface area contributed by atoms with Crippen LogP contribution in [0, 0.1) is 6.92 Å². The number of pyridine rings is 1. The molecule has 4 nitrogen and oxygen atoms in total. The van der Waals surface area contributed by atoms with E-state index in [2.05, 4.69) is 11.9 Å². The fourth-order valence-electron chi connectivity index (χ4n) is 2.18. The fourth-order valence-corrected chi connectivity index (χ4v) is 2.18. The number of aromatic nitrogens is 1. The summed E-state index contributed by atoms with van der Waals surface area (Å²) in [4.78, 5) is 15.3. The number of aryl methyl sites for hydroxylation is 1. The fraction of sp³-hybridized carbons (Fsp3) is 0.333. The van der Waals surface area contributed by atoms with E-state index in [1.54, 1.807) is 0 Å². The van der Waals surface area contributed by atoms with Crippen molar-refractivity contribution >= 4 is 5.97 Å². The van der Waals surface area contributed by atoms with Gasteiger partial charge in [0.05, 0.1) is 18.7 Å². The number of benzene rings is 1. The van der Waals surface area contributed by atoms with Crippen molar-refractivity contribution in [2.24, 2.45) is 0 Å². The first-order valence-corrected chi connectivity index (χ1v) is 7.51. The van der Waals surface area contributed by atoms with E-state index in [0.29, 0.717) is 6.61 Å². The molecule has 1 aromatic carbocycles. The van der Waals surface area contributed by atoms with Crippen molar-refractivity contribution in [3.8, 4) is 17.0 Å². The van der Waals surface area contributed by atoms with Crippen LogP contribution in [0.15, 0.2) is 36.4 Å². The molecule has 0 unspecified atom stereocenters. The lowest BCUT2D eigenvalue weighted by atomic mass is 10.1. The second-order valence-electron chi connectivity index (χ2n) is 5.24. The highest BCUT2D eigenvalue weighted by Gasteiger charge is 2.08. The Morgan fingerprint density at radius 2 is 2.09 bits per heavy atom. The van der Waals surface area contributed by atoms with Crippen molar-refractivity contribution in [2.75, 3.05) is 6.61 Å². The molecule has 0 spiro atoms. The average Bonchev–Trinajstić information content (AvgIpc) is 2.49. The maximum absolute atomic E-state index is 10.8. The van der Waals surface area contributed by atoms with Gasteiger partial charge in [0, 0.05) is 11.3 Å². The maximum atomic E-state index is 10.8. The van der Waals surface area contributed by atoms with Crippen LogP contribution < -0.4 is 4.74 Å². The van der Waals surface area contributed by atoms with Crippen LogP contribution in [-0.4, -0.2) is 22.7 Å². The zero-order chi connectivity index (χ0) is 15.9. The summed E-state index contributed by atoms with van der Waals surface area (Å²) in [6.45, 7) is 4.68. The average molecular weight is 299 g/mol. The van der Waals surface area contributed by atoms with Crippen LogP contribution in [0.1, 0.15) is 31.0 Å². The Labute approximate surface area is 130 Å². The molecule has 116 valence electrons. The summed E-state index contributed by atoms with van der Waals surface area (Å²) in [6, 6.07) is 11.5. The second kappa shape index (κ2) is 7.59. The first-order chi connectivity index (χ1) is 10.6. The normalized spacial score (nSPS) is 10.5. The third kappa shape index (κ3) is 4.32. The van der Waals surface area contributed by atoms with E-state index in [-0.39, 0.29) is 6.42 Å². The Hall–Kier alpha value is -2.36. The van der Waals surface area contributed by atoms with Gasteiger partial charge in [-0.3, -0.25) is 9.78 Å². The molecule has 0 atom stereocenters. The highest BCUT2D eigenvalue weighted by Crippen LogP contribution is 2.23. The summed E-state index contributed by atoms with van der Waals surface area (Å²) < 4.78 is 5.71. The molecule has 22 heavy (non-hydrogen) atoms. The minimum atomic E-state index is -0.844. The van der Waals surface area contributed by atoms with Gasteiger partial charge >= 0.3 is 5.97 Å². The van der Waals surface area contributed by atoms with Crippen LogP contribution in [0.25, 0.3) is 11.3 Å². The van der Waals surface area contributed by atoms with E-state index in [1.807, 2.05) is 43.3 Å². The lowest BCUT2D eigenvalue weighted by Gasteiger charge is -2.09. The third-order valence-corrected chi connectivity index (χ3v) is 3.43. The summed E-state index contributed by atoms with van der Waals surface area (Å²) in [6.07, 6.45) is 2.14. The summed E-state index contributed by atoms with van der Waals surface area (Å²) in [5.41, 5.74) is 3.29. The number of carboxylic acids is 1. The lowest BCUT2D eigenvalue weighted by molar-refractivity contribution is -0.136. The standard InChI is InChI=1S/C18H21NO3/c1-3-4-10-22-16-7-5-6-15(11-16)17-9-8-14(12-18(20)21)13(2)19-17/h5-9,11H,3-4,10,12H2,1-2H3,(H,20,21). The molecule has 2 aromatic rings. The van der Waals surface area contributed by atoms with E-state index >= 15 is 0 Å². The third-order valence-electron chi connectivity index (χ3n) is 3.43. The predicted molar refractivity (Wildman–Crippen MR) is 86.2 cm³/mol. The molecule has 2 rings (SSSR count). The molecule has 0 radical (unpaired) electrons. The van der Waals surface area contributed by atoms with Crippen LogP contribution >= 0.6 is 0 Å². The smallest absolute Gasteiger partial charge is 0.307 e. The van der Waals surface area contributed by atoms with Gasteiger partial charge < -0.3 is 9.84 Å². The molecule has 1 aromatic heterocycles. The zero-order valence-electron chi connectivity index (χ0n) is 13.0. The molecule has 0 aliphatic rings. The van der Waals surface area contributed by atoms with Gasteiger partial charge in [0.25, 0.3) is 0 Å². The van der Waals surface area contributed by atoms with Gasteiger partial charge in [0.1, 0.15) is 5.75 Å². The Morgan fingerprint density at radius 3 is 2.77 bits per heavy atom. The molecule has 0 fully saturated rings. The number of rotatable bonds is 7. The first-order valence-electron chi connectivity index (χ1n) is 7.51. The summed E-state index contributed by atoms with van der Waals surface area (Å²) in [5.74, 6) is -0.0102. The largest absolute Gasteiger partial charge is 0.494 e. The van der Waals surface area contributed by atoms with Crippen LogP contribution in [-0.2, 0) is 11.2 Å². The SMILES string of the molecule is CCCCOc1cccc(-c2ccc(CC(=O)O)c(C)n2)c1. The Balaban J connectivity index is 2.19. The minimum Gasteiger partial charge on any atom is -0.494 e. The van der Waals surface area contributed by atoms with E-state index in [9.17, 15) is 4.79 Å². The van der Waals surface area contributed by atoms with Crippen molar-refractivity contribution in [2.45, 2.75) is 33.1 Å². The molecule has 1 N–H and O–H groups in total. The van der Waals surface area contributed by atoms with Gasteiger partial charge in [-0.15, -0.1) is 0 Å². The quantitative estimate of drug-likeness (QED) is 0.789. The summed E-state index contributed by atoms with van der Waals surface area (Å²) in [5, 5.41) is 8.87. The Kier molecular flexibility index (Phi) is 5.53. The molecule has 0 aliphatic carbocycles. The van der Waals surface area contributed by atoms with Crippen molar-refractivity contribution in [3.63, 3.8) is 0 Å². The highest BCUT2D eigenvalue weighted by molar-refractivity contribution is 5.71. The van der Waals surface area contributed by atoms with E-state index in [0.717, 1.165) is 41.1 Å². The minimum absolute atomic E-state index is 0.000712. The van der Waals surface area contributed by atoms with Crippen LogP contribution in [0.3, 0.4) is 0 Å². The highest BCUT2D eigenvalue weighted by atomic mass is 16.5. The Morgan fingerprint density at radius 1 is 1.27 bits per heavy atom. The summed E-state index contributed by atoms with van der Waals surface area (Å²) in [7, 11) is 0. The second-order valence-corrected chi connectivity index (χ2v) is 5.24. The van der Waals surface area contributed by atoms with Gasteiger partial charge in [-0.05, 0) is 37.1 Å². The first kappa shape index (κ1) is 16.0. The number of nitrogens with zero attached hydrogens (tertiary/aromatic N) is 1. The molecule has 0 bridgehead atoms. The molecule has 0 amide bonds. The maximum Gasteiger partial charge on any atom is 0.307 e. The number of unbranched alkanes of at least 4 members (excludes halogenated alkanes) is 1. The van der Waals surface area contributed by atoms with Gasteiger partial charge in [0.2, 0.25) is 0 Å². The van der Waals surface area contributed by atoms with Gasteiger partial charge in [0.15, 0.2) is 0 Å². The van der Waals surface area contributed by atoms with E-state index < -0.39 is 5.97 Å². The molecule has 1 heterocycles. The number of aliphatic carboxylic acids is 1. The van der Waals surface area contributed by atoms with Crippen molar-refractivity contribution < 1.29 is 14.6 Å². The predicted octanol–water partition coefficient (Wildman–Crippen LogP) is 3.86. The Bertz CT molecular complexity index is 653. The molecule has 0 aliphatic heterocycles.